The van der Waals surface area contributed by atoms with Gasteiger partial charge in [0.1, 0.15) is 29.4 Å². The maximum atomic E-state index is 13.1. The molecule has 0 radical (unpaired) electrons. The molecule has 0 saturated carbocycles. The highest BCUT2D eigenvalue weighted by atomic mass is 35.5. The number of halogens is 1. The lowest BCUT2D eigenvalue weighted by Crippen LogP contribution is -2.71. The molecule has 4 heterocycles. The van der Waals surface area contributed by atoms with Crippen molar-refractivity contribution < 1.29 is 29.1 Å². The molecule has 206 valence electrons. The van der Waals surface area contributed by atoms with Crippen molar-refractivity contribution in [1.82, 2.24) is 35.4 Å². The summed E-state index contributed by atoms with van der Waals surface area (Å²) < 4.78 is 1.52. The number of carboxylic acid groups (broad SMARTS) is 1. The van der Waals surface area contributed by atoms with Crippen molar-refractivity contribution in [2.45, 2.75) is 23.1 Å². The number of allylic oxidation sites excluding steroid dienone is 1. The molecule has 1 unspecified atom stereocenters. The van der Waals surface area contributed by atoms with Gasteiger partial charge in [0, 0.05) is 16.9 Å². The van der Waals surface area contributed by atoms with Gasteiger partial charge in [-0.15, -0.1) is 46.4 Å². The summed E-state index contributed by atoms with van der Waals surface area (Å²) in [5.74, 6) is -1.92. The van der Waals surface area contributed by atoms with Crippen LogP contribution in [0.15, 0.2) is 39.6 Å². The lowest BCUT2D eigenvalue weighted by atomic mass is 10.0. The van der Waals surface area contributed by atoms with Crippen LogP contribution in [0.25, 0.3) is 0 Å². The number of thiazole rings is 1. The van der Waals surface area contributed by atoms with E-state index in [4.69, 9.17) is 16.4 Å². The van der Waals surface area contributed by atoms with Gasteiger partial charge in [0.05, 0.1) is 12.4 Å². The number of carbonyl (C=O) groups excluding carboxylic acids is 3. The van der Waals surface area contributed by atoms with E-state index in [1.54, 1.807) is 6.08 Å². The zero-order valence-electron chi connectivity index (χ0n) is 19.9. The highest BCUT2D eigenvalue weighted by Gasteiger charge is 2.54. The highest BCUT2D eigenvalue weighted by molar-refractivity contribution is 8.01. The van der Waals surface area contributed by atoms with Crippen LogP contribution in [0.5, 0.6) is 0 Å². The number of nitrogens with zero attached hydrogens (tertiary/aromatic N) is 7. The maximum Gasteiger partial charge on any atom is 0.352 e. The molecule has 4 rings (SSSR count). The second kappa shape index (κ2) is 13.0. The number of tetrazole rings is 1. The number of aromatic nitrogens is 5. The molecular formula is C20H20ClN9O6S3. The Bertz CT molecular complexity index is 1350. The minimum absolute atomic E-state index is 0.0179. The number of aliphatic carboxylic acids is 1. The van der Waals surface area contributed by atoms with Crippen LogP contribution in [0.1, 0.15) is 5.69 Å². The number of thioether (sulfide) groups is 2. The van der Waals surface area contributed by atoms with Gasteiger partial charge >= 0.3 is 5.97 Å². The van der Waals surface area contributed by atoms with Crippen LogP contribution in [0.3, 0.4) is 0 Å². The predicted molar refractivity (Wildman–Crippen MR) is 143 cm³/mol. The van der Waals surface area contributed by atoms with Crippen LogP contribution >= 0.6 is 46.5 Å². The Morgan fingerprint density at radius 3 is 2.97 bits per heavy atom. The fraction of sp³-hybridized carbons (Fsp3) is 0.350. The molecule has 39 heavy (non-hydrogen) atoms. The van der Waals surface area contributed by atoms with Crippen molar-refractivity contribution in [3.8, 4) is 0 Å². The number of carbonyl (C=O) groups is 4. The van der Waals surface area contributed by atoms with Gasteiger partial charge in [-0.1, -0.05) is 23.0 Å². The Hall–Kier alpha value is -3.48. The second-order valence-electron chi connectivity index (χ2n) is 7.60. The Balaban J connectivity index is 1.48. The number of nitrogens with one attached hydrogen (secondary N) is 2. The summed E-state index contributed by atoms with van der Waals surface area (Å²) in [5, 5.41) is 31.7. The molecule has 1 saturated heterocycles. The Morgan fingerprint density at radius 1 is 1.44 bits per heavy atom. The first-order valence-corrected chi connectivity index (χ1v) is 14.5. The number of oxime groups is 1. The smallest absolute Gasteiger partial charge is 0.352 e. The van der Waals surface area contributed by atoms with Gasteiger partial charge < -0.3 is 20.6 Å². The van der Waals surface area contributed by atoms with Gasteiger partial charge in [0.15, 0.2) is 10.8 Å². The third kappa shape index (κ3) is 6.23. The van der Waals surface area contributed by atoms with Gasteiger partial charge in [-0.3, -0.25) is 19.3 Å². The van der Waals surface area contributed by atoms with Gasteiger partial charge in [-0.2, -0.15) is 0 Å². The summed E-state index contributed by atoms with van der Waals surface area (Å²) >= 11 is 9.23. The minimum atomic E-state index is -1.26. The van der Waals surface area contributed by atoms with Crippen molar-refractivity contribution in [2.24, 2.45) is 5.16 Å². The van der Waals surface area contributed by atoms with E-state index in [0.29, 0.717) is 29.4 Å². The van der Waals surface area contributed by atoms with Crippen LogP contribution in [0.2, 0.25) is 0 Å². The molecule has 2 aliphatic rings. The predicted octanol–water partition coefficient (Wildman–Crippen LogP) is 0.374. The van der Waals surface area contributed by atoms with Crippen LogP contribution in [0, 0.1) is 0 Å². The molecule has 3 N–H and O–H groups in total. The SMILES string of the molecule is C=CCn1nnnc1SCC1=C(C(=O)O)N2C(=O)C(NC(=O)C(=NOCCCl)c3csc(NC=O)n3)[C@H]2SC1. The molecule has 0 aliphatic carbocycles. The average molecular weight is 614 g/mol. The van der Waals surface area contributed by atoms with Gasteiger partial charge in [-0.05, 0) is 16.0 Å². The van der Waals surface area contributed by atoms with E-state index < -0.39 is 29.2 Å². The second-order valence-corrected chi connectivity index (χ2v) is 10.9. The number of hydrogen-bond acceptors (Lipinski definition) is 13. The van der Waals surface area contributed by atoms with E-state index in [2.05, 4.69) is 42.9 Å². The van der Waals surface area contributed by atoms with Crippen LogP contribution < -0.4 is 10.6 Å². The zero-order chi connectivity index (χ0) is 27.9. The van der Waals surface area contributed by atoms with Crippen molar-refractivity contribution in [2.75, 3.05) is 29.3 Å². The summed E-state index contributed by atoms with van der Waals surface area (Å²) in [6.45, 7) is 4.06. The molecule has 19 heteroatoms. The normalized spacial score (nSPS) is 18.7. The first-order valence-electron chi connectivity index (χ1n) is 11.0. The standard InChI is InChI=1S/C20H20ClN9O6S3/c1-2-4-29-20(25-27-28-29)39-7-10-6-37-17-13(16(33)30(17)14(10)18(34)35)24-15(32)12(26-36-5-3-21)11-8-38-19(23-11)22-9-31/h2,8-9,13,17H,1,3-7H2,(H,24,32)(H,34,35)(H,22,23,31)/t13?,17-/m1/s1. The fourth-order valence-corrected chi connectivity index (χ4v) is 6.64. The summed E-state index contributed by atoms with van der Waals surface area (Å²) in [5.41, 5.74) is 0.272. The number of alkyl halides is 1. The summed E-state index contributed by atoms with van der Waals surface area (Å²) in [6, 6.07) is -1.00. The number of β-lactam (4-membered cyclic amide) rings is 1. The fourth-order valence-electron chi connectivity index (χ4n) is 3.54. The largest absolute Gasteiger partial charge is 0.477 e. The molecular weight excluding hydrogens is 594 g/mol. The highest BCUT2D eigenvalue weighted by Crippen LogP contribution is 2.41. The number of fused-ring (bicyclic) bond motifs is 1. The molecule has 0 bridgehead atoms. The minimum Gasteiger partial charge on any atom is -0.477 e. The van der Waals surface area contributed by atoms with Gasteiger partial charge in [-0.25, -0.2) is 14.5 Å². The number of rotatable bonds is 14. The number of carboxylic acids is 1. The molecule has 0 spiro atoms. The lowest BCUT2D eigenvalue weighted by molar-refractivity contribution is -0.150. The topological polar surface area (TPSA) is 194 Å². The maximum absolute atomic E-state index is 13.1. The summed E-state index contributed by atoms with van der Waals surface area (Å²) in [6.07, 6.45) is 2.07. The molecule has 2 aromatic rings. The van der Waals surface area contributed by atoms with E-state index in [1.165, 1.54) is 38.5 Å². The Labute approximate surface area is 238 Å². The van der Waals surface area contributed by atoms with E-state index in [9.17, 15) is 24.3 Å². The molecule has 2 aliphatic heterocycles. The summed E-state index contributed by atoms with van der Waals surface area (Å²) in [4.78, 5) is 59.4. The van der Waals surface area contributed by atoms with Crippen LogP contribution in [-0.4, -0.2) is 101 Å². The van der Waals surface area contributed by atoms with E-state index >= 15 is 0 Å². The Kier molecular flexibility index (Phi) is 9.54. The number of hydrogen-bond donors (Lipinski definition) is 3. The van der Waals surface area contributed by atoms with Crippen molar-refractivity contribution in [3.63, 3.8) is 0 Å². The summed E-state index contributed by atoms with van der Waals surface area (Å²) in [7, 11) is 0. The first kappa shape index (κ1) is 28.5. The van der Waals surface area contributed by atoms with Crippen molar-refractivity contribution in [1.29, 1.82) is 0 Å². The van der Waals surface area contributed by atoms with E-state index in [-0.39, 0.29) is 40.5 Å². The van der Waals surface area contributed by atoms with Gasteiger partial charge in [0.2, 0.25) is 11.6 Å². The molecule has 2 atom stereocenters. The van der Waals surface area contributed by atoms with Crippen molar-refractivity contribution in [3.05, 3.63) is 35.0 Å². The molecule has 3 amide bonds. The van der Waals surface area contributed by atoms with Crippen LogP contribution in [0.4, 0.5) is 5.13 Å². The molecule has 1 fully saturated rings. The average Bonchev–Trinajstić information content (AvgIpc) is 3.57. The van der Waals surface area contributed by atoms with E-state index in [1.807, 2.05) is 0 Å². The lowest BCUT2D eigenvalue weighted by Gasteiger charge is -2.49. The Morgan fingerprint density at radius 2 is 2.26 bits per heavy atom. The number of anilines is 1. The van der Waals surface area contributed by atoms with Crippen molar-refractivity contribution >= 4 is 81.5 Å². The molecule has 2 aromatic heterocycles. The zero-order valence-corrected chi connectivity index (χ0v) is 23.1. The monoisotopic (exact) mass is 613 g/mol. The third-order valence-electron chi connectivity index (χ3n) is 5.18. The van der Waals surface area contributed by atoms with E-state index in [0.717, 1.165) is 11.3 Å². The third-order valence-corrected chi connectivity index (χ3v) is 8.49. The quantitative estimate of drug-likeness (QED) is 0.0388. The van der Waals surface area contributed by atoms with Crippen LogP contribution in [-0.2, 0) is 30.6 Å². The molecule has 0 aromatic carbocycles. The first-order chi connectivity index (χ1) is 18.9. The van der Waals surface area contributed by atoms with Gasteiger partial charge in [0.25, 0.3) is 11.8 Å². The molecule has 15 nitrogen and oxygen atoms in total. The number of amides is 3.